The van der Waals surface area contributed by atoms with Gasteiger partial charge in [-0.25, -0.2) is 0 Å². The Morgan fingerprint density at radius 3 is 2.42 bits per heavy atom. The third kappa shape index (κ3) is 9.15. The monoisotopic (exact) mass is 590 g/mol. The van der Waals surface area contributed by atoms with Gasteiger partial charge in [-0.15, -0.1) is 6.58 Å². The molecule has 0 unspecified atom stereocenters. The minimum Gasteiger partial charge on any atom is -0.508 e. The fraction of sp³-hybridized carbons (Fsp3) is 0.543. The molecule has 8 heteroatoms. The molecule has 2 heterocycles. The zero-order valence-corrected chi connectivity index (χ0v) is 26.0. The van der Waals surface area contributed by atoms with Crippen molar-refractivity contribution in [3.63, 3.8) is 0 Å². The summed E-state index contributed by atoms with van der Waals surface area (Å²) in [5, 5.41) is 19.2. The number of aromatic hydroxyl groups is 1. The first-order valence-corrected chi connectivity index (χ1v) is 16.0. The number of nitrogens with zero attached hydrogens (tertiary/aromatic N) is 4. The van der Waals surface area contributed by atoms with Crippen molar-refractivity contribution in [1.29, 1.82) is 0 Å². The summed E-state index contributed by atoms with van der Waals surface area (Å²) in [6.45, 7) is 15.4. The zero-order valence-electron chi connectivity index (χ0n) is 26.0. The van der Waals surface area contributed by atoms with Gasteiger partial charge < -0.3 is 20.0 Å². The van der Waals surface area contributed by atoms with Gasteiger partial charge in [-0.2, -0.15) is 0 Å². The van der Waals surface area contributed by atoms with Crippen LogP contribution in [-0.4, -0.2) is 106 Å². The molecule has 0 saturated carbocycles. The van der Waals surface area contributed by atoms with Crippen LogP contribution in [0.1, 0.15) is 79.9 Å². The van der Waals surface area contributed by atoms with Crippen LogP contribution in [0.2, 0.25) is 0 Å². The second kappa shape index (κ2) is 16.0. The molecule has 8 nitrogen and oxygen atoms in total. The van der Waals surface area contributed by atoms with Gasteiger partial charge in [-0.1, -0.05) is 43.2 Å². The third-order valence-corrected chi connectivity index (χ3v) is 8.98. The van der Waals surface area contributed by atoms with Crippen LogP contribution in [0.15, 0.2) is 61.2 Å². The lowest BCUT2D eigenvalue weighted by molar-refractivity contribution is -0.137. The molecule has 0 spiro atoms. The van der Waals surface area contributed by atoms with Gasteiger partial charge in [-0.05, 0) is 81.6 Å². The molecule has 3 atom stereocenters. The highest BCUT2D eigenvalue weighted by Crippen LogP contribution is 2.35. The highest BCUT2D eigenvalue weighted by Gasteiger charge is 2.35. The number of rotatable bonds is 13. The molecular weight excluding hydrogens is 540 g/mol. The number of benzene rings is 2. The summed E-state index contributed by atoms with van der Waals surface area (Å²) in [7, 11) is 0. The van der Waals surface area contributed by atoms with Crippen molar-refractivity contribution in [2.75, 3.05) is 52.4 Å². The molecule has 4 rings (SSSR count). The number of phenols is 1. The van der Waals surface area contributed by atoms with Crippen molar-refractivity contribution in [1.82, 2.24) is 19.6 Å². The van der Waals surface area contributed by atoms with Crippen LogP contribution in [0.25, 0.3) is 0 Å². The van der Waals surface area contributed by atoms with E-state index in [-0.39, 0.29) is 30.2 Å². The van der Waals surface area contributed by atoms with Crippen molar-refractivity contribution in [2.45, 2.75) is 70.5 Å². The average molecular weight is 591 g/mol. The third-order valence-electron chi connectivity index (χ3n) is 8.98. The second-order valence-electron chi connectivity index (χ2n) is 12.3. The highest BCUT2D eigenvalue weighted by molar-refractivity contribution is 5.94. The van der Waals surface area contributed by atoms with E-state index >= 15 is 0 Å². The molecule has 2 aromatic rings. The normalized spacial score (nSPS) is 21.3. The summed E-state index contributed by atoms with van der Waals surface area (Å²) in [6.07, 6.45) is 6.96. The van der Waals surface area contributed by atoms with Crippen LogP contribution in [-0.2, 0) is 4.79 Å². The van der Waals surface area contributed by atoms with Crippen molar-refractivity contribution in [3.8, 4) is 5.75 Å². The van der Waals surface area contributed by atoms with Crippen molar-refractivity contribution < 1.29 is 19.8 Å². The first-order chi connectivity index (χ1) is 20.8. The van der Waals surface area contributed by atoms with Gasteiger partial charge in [0.15, 0.2) is 0 Å². The van der Waals surface area contributed by atoms with E-state index in [1.807, 2.05) is 35.2 Å². The number of hydrogen-bond acceptors (Lipinski definition) is 6. The molecular formula is C35H50N4O4. The van der Waals surface area contributed by atoms with E-state index in [0.717, 1.165) is 89.0 Å². The van der Waals surface area contributed by atoms with Gasteiger partial charge in [-0.3, -0.25) is 19.4 Å². The van der Waals surface area contributed by atoms with Crippen LogP contribution in [0.3, 0.4) is 0 Å². The van der Waals surface area contributed by atoms with E-state index in [1.165, 1.54) is 0 Å². The van der Waals surface area contributed by atoms with Gasteiger partial charge in [0.1, 0.15) is 5.75 Å². The van der Waals surface area contributed by atoms with Crippen LogP contribution in [0.5, 0.6) is 5.75 Å². The van der Waals surface area contributed by atoms with Crippen LogP contribution in [0, 0.1) is 0 Å². The first-order valence-electron chi connectivity index (χ1n) is 16.0. The number of aliphatic carboxylic acids is 1. The maximum absolute atomic E-state index is 13.8. The largest absolute Gasteiger partial charge is 0.508 e. The smallest absolute Gasteiger partial charge is 0.303 e. The molecule has 0 radical (unpaired) electrons. The highest BCUT2D eigenvalue weighted by atomic mass is 16.4. The van der Waals surface area contributed by atoms with Crippen LogP contribution < -0.4 is 0 Å². The summed E-state index contributed by atoms with van der Waals surface area (Å²) in [5.74, 6) is -0.400. The Morgan fingerprint density at radius 2 is 1.67 bits per heavy atom. The predicted octanol–water partition coefficient (Wildman–Crippen LogP) is 5.25. The Hall–Kier alpha value is -3.20. The Labute approximate surface area is 257 Å². The molecule has 2 aliphatic rings. The Bertz CT molecular complexity index is 1220. The predicted molar refractivity (Wildman–Crippen MR) is 171 cm³/mol. The van der Waals surface area contributed by atoms with Gasteiger partial charge in [0, 0.05) is 63.3 Å². The number of carbonyl (C=O) groups is 2. The second-order valence-corrected chi connectivity index (χ2v) is 12.3. The zero-order chi connectivity index (χ0) is 30.8. The molecule has 2 fully saturated rings. The van der Waals surface area contributed by atoms with Crippen LogP contribution in [0.4, 0.5) is 0 Å². The fourth-order valence-electron chi connectivity index (χ4n) is 6.66. The molecule has 2 N–H and O–H groups in total. The van der Waals surface area contributed by atoms with Gasteiger partial charge in [0.25, 0.3) is 5.91 Å². The average Bonchev–Trinajstić information content (AvgIpc) is 3.23. The van der Waals surface area contributed by atoms with Crippen molar-refractivity contribution in [3.05, 3.63) is 77.9 Å². The van der Waals surface area contributed by atoms with E-state index in [9.17, 15) is 14.7 Å². The number of carboxylic acids is 1. The Balaban J connectivity index is 1.45. The summed E-state index contributed by atoms with van der Waals surface area (Å²) < 4.78 is 0. The summed E-state index contributed by atoms with van der Waals surface area (Å²) in [6, 6.07) is 16.2. The summed E-state index contributed by atoms with van der Waals surface area (Å²) >= 11 is 0. The van der Waals surface area contributed by atoms with Gasteiger partial charge in [0.05, 0.1) is 6.04 Å². The fourth-order valence-corrected chi connectivity index (χ4v) is 6.66. The minimum atomic E-state index is -0.719. The quantitative estimate of drug-likeness (QED) is 0.244. The first kappa shape index (κ1) is 32.7. The topological polar surface area (TPSA) is 87.6 Å². The molecule has 0 aromatic heterocycles. The van der Waals surface area contributed by atoms with E-state index in [1.54, 1.807) is 6.07 Å². The molecule has 0 bridgehead atoms. The van der Waals surface area contributed by atoms with E-state index < -0.39 is 5.97 Å². The van der Waals surface area contributed by atoms with E-state index in [4.69, 9.17) is 5.11 Å². The number of piperazine rings is 1. The molecule has 43 heavy (non-hydrogen) atoms. The van der Waals surface area contributed by atoms with E-state index in [2.05, 4.69) is 53.3 Å². The Morgan fingerprint density at radius 1 is 0.930 bits per heavy atom. The molecule has 0 aliphatic carbocycles. The van der Waals surface area contributed by atoms with Crippen molar-refractivity contribution in [2.24, 2.45) is 0 Å². The number of carboxylic acid groups (broad SMARTS) is 1. The number of carbonyl (C=O) groups excluding carboxylic acids is 1. The van der Waals surface area contributed by atoms with E-state index in [0.29, 0.717) is 18.2 Å². The summed E-state index contributed by atoms with van der Waals surface area (Å²) in [5.41, 5.74) is 2.79. The maximum atomic E-state index is 13.8. The number of phenolic OH excluding ortho intramolecular Hbond substituents is 1. The maximum Gasteiger partial charge on any atom is 0.303 e. The minimum absolute atomic E-state index is 0.0734. The molecule has 234 valence electrons. The lowest BCUT2D eigenvalue weighted by Crippen LogP contribution is -2.57. The molecule has 2 aliphatic heterocycles. The molecule has 2 aromatic carbocycles. The van der Waals surface area contributed by atoms with Crippen LogP contribution >= 0.6 is 0 Å². The number of hydrogen-bond donors (Lipinski definition) is 2. The summed E-state index contributed by atoms with van der Waals surface area (Å²) in [4.78, 5) is 33.9. The number of unbranched alkanes of at least 4 members (excludes halogenated alkanes) is 3. The van der Waals surface area contributed by atoms with Gasteiger partial charge in [0.2, 0.25) is 0 Å². The number of amides is 1. The molecule has 1 amide bonds. The van der Waals surface area contributed by atoms with Crippen molar-refractivity contribution >= 4 is 11.9 Å². The molecule has 2 saturated heterocycles. The standard InChI is InChI=1S/C35H50N4O4/c1-4-17-38-25-28(3)39(26-27(38)2)34(30-13-10-15-32(40)24-30)29-12-9-14-31(23-29)35(43)37-20-11-19-36(21-22-37)18-8-6-5-7-16-33(41)42/h4,9-10,12-15,23-24,27-28,34,40H,1,5-8,11,16-22,25-26H2,2-3H3,(H,41,42)/t27-,28+,34-/m1/s1. The SMILES string of the molecule is C=CCN1C[C@H](C)N([C@@H](c2cccc(O)c2)c2cccc(C(=O)N3CCCN(CCCCCCC(=O)O)CC3)c2)C[C@H]1C. The van der Waals surface area contributed by atoms with Gasteiger partial charge >= 0.3 is 5.97 Å². The lowest BCUT2D eigenvalue weighted by Gasteiger charge is -2.47. The Kier molecular flexibility index (Phi) is 12.2. The lowest BCUT2D eigenvalue weighted by atomic mass is 9.92.